The van der Waals surface area contributed by atoms with Crippen LogP contribution < -0.4 is 15.9 Å². The van der Waals surface area contributed by atoms with E-state index in [-0.39, 0.29) is 5.91 Å². The van der Waals surface area contributed by atoms with Crippen LogP contribution in [0.25, 0.3) is 11.4 Å². The van der Waals surface area contributed by atoms with Gasteiger partial charge in [0.25, 0.3) is 0 Å². The topological polar surface area (TPSA) is 119 Å². The molecule has 1 aromatic carbocycles. The van der Waals surface area contributed by atoms with Crippen LogP contribution in [0.3, 0.4) is 0 Å². The average Bonchev–Trinajstić information content (AvgIpc) is 3.09. The SMILES string of the molecule is CCOc1ccc(-c2nnc(S[C@@H](C)C(=O)NC3(C#N)CCCCC3)n2N)cc1. The molecule has 0 bridgehead atoms. The van der Waals surface area contributed by atoms with Gasteiger partial charge in [0.1, 0.15) is 11.3 Å². The minimum Gasteiger partial charge on any atom is -0.494 e. The molecule has 1 amide bonds. The summed E-state index contributed by atoms with van der Waals surface area (Å²) in [6, 6.07) is 9.73. The number of benzene rings is 1. The summed E-state index contributed by atoms with van der Waals surface area (Å²) in [6.07, 6.45) is 4.41. The van der Waals surface area contributed by atoms with Crippen molar-refractivity contribution in [2.24, 2.45) is 0 Å². The number of nitrogens with zero attached hydrogens (tertiary/aromatic N) is 4. The zero-order valence-electron chi connectivity index (χ0n) is 16.7. The fraction of sp³-hybridized carbons (Fsp3) is 0.500. The molecule has 1 saturated carbocycles. The van der Waals surface area contributed by atoms with Gasteiger partial charge in [-0.05, 0) is 51.0 Å². The first-order valence-electron chi connectivity index (χ1n) is 9.81. The van der Waals surface area contributed by atoms with Gasteiger partial charge >= 0.3 is 0 Å². The van der Waals surface area contributed by atoms with E-state index in [1.807, 2.05) is 31.2 Å². The molecule has 0 saturated heterocycles. The molecule has 1 heterocycles. The fourth-order valence-corrected chi connectivity index (χ4v) is 4.16. The van der Waals surface area contributed by atoms with Gasteiger partial charge in [0.15, 0.2) is 5.82 Å². The molecule has 0 radical (unpaired) electrons. The molecule has 8 nitrogen and oxygen atoms in total. The quantitative estimate of drug-likeness (QED) is 0.528. The highest BCUT2D eigenvalue weighted by molar-refractivity contribution is 8.00. The molecule has 1 aromatic heterocycles. The first-order chi connectivity index (χ1) is 14.0. The molecule has 9 heteroatoms. The Kier molecular flexibility index (Phi) is 6.64. The number of aromatic nitrogens is 3. The number of carbonyl (C=O) groups excluding carboxylic acids is 1. The van der Waals surface area contributed by atoms with Crippen molar-refractivity contribution >= 4 is 17.7 Å². The third-order valence-corrected chi connectivity index (χ3v) is 6.08. The van der Waals surface area contributed by atoms with Crippen molar-refractivity contribution in [2.75, 3.05) is 12.4 Å². The van der Waals surface area contributed by atoms with Crippen LogP contribution in [0.4, 0.5) is 0 Å². The number of nitrogens with two attached hydrogens (primary N) is 1. The summed E-state index contributed by atoms with van der Waals surface area (Å²) >= 11 is 1.22. The van der Waals surface area contributed by atoms with Crippen LogP contribution in [-0.2, 0) is 4.79 Å². The number of carbonyl (C=O) groups is 1. The van der Waals surface area contributed by atoms with Crippen molar-refractivity contribution in [2.45, 2.75) is 61.9 Å². The maximum absolute atomic E-state index is 12.7. The maximum Gasteiger partial charge on any atom is 0.234 e. The molecule has 29 heavy (non-hydrogen) atoms. The highest BCUT2D eigenvalue weighted by atomic mass is 32.2. The molecule has 0 aliphatic heterocycles. The molecule has 1 aliphatic carbocycles. The number of nitrogens with one attached hydrogen (secondary N) is 1. The van der Waals surface area contributed by atoms with Gasteiger partial charge in [-0.15, -0.1) is 10.2 Å². The van der Waals surface area contributed by atoms with Crippen molar-refractivity contribution in [3.05, 3.63) is 24.3 Å². The number of hydrogen-bond acceptors (Lipinski definition) is 7. The lowest BCUT2D eigenvalue weighted by Crippen LogP contribution is -2.51. The summed E-state index contributed by atoms with van der Waals surface area (Å²) < 4.78 is 6.83. The minimum absolute atomic E-state index is 0.191. The van der Waals surface area contributed by atoms with Crippen molar-refractivity contribution in [1.29, 1.82) is 5.26 Å². The third-order valence-electron chi connectivity index (χ3n) is 5.02. The summed E-state index contributed by atoms with van der Waals surface area (Å²) in [7, 11) is 0. The van der Waals surface area contributed by atoms with E-state index in [0.717, 1.165) is 30.6 Å². The molecule has 3 rings (SSSR count). The Morgan fingerprint density at radius 1 is 1.34 bits per heavy atom. The van der Waals surface area contributed by atoms with Gasteiger partial charge in [0, 0.05) is 5.56 Å². The van der Waals surface area contributed by atoms with Crippen molar-refractivity contribution < 1.29 is 9.53 Å². The van der Waals surface area contributed by atoms with Crippen LogP contribution in [0.15, 0.2) is 29.4 Å². The molecule has 0 unspecified atom stereocenters. The van der Waals surface area contributed by atoms with E-state index in [1.165, 1.54) is 16.4 Å². The van der Waals surface area contributed by atoms with E-state index in [0.29, 0.717) is 30.4 Å². The van der Waals surface area contributed by atoms with Crippen LogP contribution in [-0.4, -0.2) is 38.2 Å². The van der Waals surface area contributed by atoms with E-state index in [4.69, 9.17) is 10.6 Å². The zero-order chi connectivity index (χ0) is 20.9. The number of hydrogen-bond donors (Lipinski definition) is 2. The standard InChI is InChI=1S/C20H26N6O2S/c1-3-28-16-9-7-15(8-10-16)17-24-25-19(26(17)22)29-14(2)18(27)23-20(13-21)11-5-4-6-12-20/h7-10,14H,3-6,11-12,22H2,1-2H3,(H,23,27)/t14-/m0/s1. The van der Waals surface area contributed by atoms with E-state index in [9.17, 15) is 10.1 Å². The lowest BCUT2D eigenvalue weighted by molar-refractivity contribution is -0.121. The highest BCUT2D eigenvalue weighted by Gasteiger charge is 2.35. The van der Waals surface area contributed by atoms with Crippen LogP contribution in [0.5, 0.6) is 5.75 Å². The Morgan fingerprint density at radius 3 is 2.66 bits per heavy atom. The normalized spacial score (nSPS) is 16.6. The molecule has 2 aromatic rings. The summed E-state index contributed by atoms with van der Waals surface area (Å²) in [5.74, 6) is 7.26. The van der Waals surface area contributed by atoms with Gasteiger partial charge in [0.05, 0.1) is 17.9 Å². The van der Waals surface area contributed by atoms with Gasteiger partial charge in [-0.2, -0.15) is 5.26 Å². The first kappa shape index (κ1) is 21.0. The lowest BCUT2D eigenvalue weighted by atomic mass is 9.83. The van der Waals surface area contributed by atoms with Crippen LogP contribution in [0.1, 0.15) is 46.0 Å². The van der Waals surface area contributed by atoms with E-state index >= 15 is 0 Å². The van der Waals surface area contributed by atoms with Gasteiger partial charge in [0.2, 0.25) is 11.1 Å². The summed E-state index contributed by atoms with van der Waals surface area (Å²) in [5.41, 5.74) is 0.0478. The van der Waals surface area contributed by atoms with Gasteiger partial charge in [-0.1, -0.05) is 31.0 Å². The van der Waals surface area contributed by atoms with E-state index in [2.05, 4.69) is 21.6 Å². The first-order valence-corrected chi connectivity index (χ1v) is 10.7. The monoisotopic (exact) mass is 414 g/mol. The molecule has 1 fully saturated rings. The van der Waals surface area contributed by atoms with Crippen LogP contribution in [0.2, 0.25) is 0 Å². The number of ether oxygens (including phenoxy) is 1. The predicted molar refractivity (Wildman–Crippen MR) is 112 cm³/mol. The predicted octanol–water partition coefficient (Wildman–Crippen LogP) is 2.88. The van der Waals surface area contributed by atoms with Crippen LogP contribution >= 0.6 is 11.8 Å². The zero-order valence-corrected chi connectivity index (χ0v) is 17.5. The average molecular weight is 415 g/mol. The smallest absolute Gasteiger partial charge is 0.234 e. The lowest BCUT2D eigenvalue weighted by Gasteiger charge is -2.32. The number of nitriles is 1. The molecule has 1 aliphatic rings. The van der Waals surface area contributed by atoms with Crippen LogP contribution in [0, 0.1) is 11.3 Å². The Morgan fingerprint density at radius 2 is 2.03 bits per heavy atom. The molecule has 1 atom stereocenters. The fourth-order valence-electron chi connectivity index (χ4n) is 3.39. The van der Waals surface area contributed by atoms with E-state index in [1.54, 1.807) is 6.92 Å². The molecule has 3 N–H and O–H groups in total. The van der Waals surface area contributed by atoms with Gasteiger partial charge in [-0.3, -0.25) is 4.79 Å². The Bertz CT molecular complexity index is 883. The number of rotatable bonds is 7. The molecule has 154 valence electrons. The molecule has 0 spiro atoms. The second kappa shape index (κ2) is 9.18. The van der Waals surface area contributed by atoms with Gasteiger partial charge in [-0.25, -0.2) is 4.68 Å². The Balaban J connectivity index is 1.67. The summed E-state index contributed by atoms with van der Waals surface area (Å²) in [4.78, 5) is 12.7. The molecular weight excluding hydrogens is 388 g/mol. The number of amides is 1. The number of nitrogen functional groups attached to an aromatic ring is 1. The Labute approximate surface area is 174 Å². The van der Waals surface area contributed by atoms with E-state index < -0.39 is 10.8 Å². The number of thioether (sulfide) groups is 1. The largest absolute Gasteiger partial charge is 0.494 e. The third kappa shape index (κ3) is 4.82. The van der Waals surface area contributed by atoms with Crippen molar-refractivity contribution in [1.82, 2.24) is 20.2 Å². The highest BCUT2D eigenvalue weighted by Crippen LogP contribution is 2.30. The second-order valence-corrected chi connectivity index (χ2v) is 8.45. The minimum atomic E-state index is -0.756. The maximum atomic E-state index is 12.7. The summed E-state index contributed by atoms with van der Waals surface area (Å²) in [6.45, 7) is 4.30. The van der Waals surface area contributed by atoms with Crippen molar-refractivity contribution in [3.8, 4) is 23.2 Å². The molecular formula is C20H26N6O2S. The second-order valence-electron chi connectivity index (χ2n) is 7.14. The van der Waals surface area contributed by atoms with Crippen molar-refractivity contribution in [3.63, 3.8) is 0 Å². The van der Waals surface area contributed by atoms with Gasteiger partial charge < -0.3 is 15.9 Å². The summed E-state index contributed by atoms with van der Waals surface area (Å²) in [5, 5.41) is 20.8. The Hall–Kier alpha value is -2.73.